The molecule has 1 N–H and O–H groups in total. The molecule has 0 fully saturated rings. The molecular formula is C24H24ClN3O3S. The highest BCUT2D eigenvalue weighted by molar-refractivity contribution is 7.99. The Morgan fingerprint density at radius 2 is 1.94 bits per heavy atom. The highest BCUT2D eigenvalue weighted by Gasteiger charge is 2.18. The molecule has 32 heavy (non-hydrogen) atoms. The van der Waals surface area contributed by atoms with Crippen LogP contribution in [0.4, 0.5) is 0 Å². The van der Waals surface area contributed by atoms with Gasteiger partial charge in [-0.1, -0.05) is 67.5 Å². The molecule has 2 aromatic carbocycles. The summed E-state index contributed by atoms with van der Waals surface area (Å²) in [4.78, 5) is 30.4. The fourth-order valence-corrected chi connectivity index (χ4v) is 4.42. The van der Waals surface area contributed by atoms with Crippen LogP contribution in [0.25, 0.3) is 22.1 Å². The van der Waals surface area contributed by atoms with Gasteiger partial charge < -0.3 is 9.73 Å². The van der Waals surface area contributed by atoms with Crippen molar-refractivity contribution < 1.29 is 9.21 Å². The number of nitrogens with one attached hydrogen (secondary N) is 1. The second kappa shape index (κ2) is 9.79. The molecule has 8 heteroatoms. The molecule has 4 rings (SSSR count). The zero-order valence-electron chi connectivity index (χ0n) is 17.9. The minimum absolute atomic E-state index is 0.139. The molecule has 0 aliphatic heterocycles. The third kappa shape index (κ3) is 4.84. The van der Waals surface area contributed by atoms with E-state index in [-0.39, 0.29) is 22.8 Å². The van der Waals surface area contributed by atoms with Crippen LogP contribution < -0.4 is 10.9 Å². The number of furan rings is 1. The van der Waals surface area contributed by atoms with Crippen LogP contribution in [0.15, 0.2) is 62.9 Å². The lowest BCUT2D eigenvalue weighted by molar-refractivity contribution is -0.118. The van der Waals surface area contributed by atoms with Crippen molar-refractivity contribution in [3.63, 3.8) is 0 Å². The van der Waals surface area contributed by atoms with Crippen molar-refractivity contribution in [1.82, 2.24) is 14.9 Å². The van der Waals surface area contributed by atoms with E-state index >= 15 is 0 Å². The molecule has 2 heterocycles. The van der Waals surface area contributed by atoms with E-state index in [0.717, 1.165) is 17.4 Å². The lowest BCUT2D eigenvalue weighted by Gasteiger charge is -2.13. The average molecular weight is 470 g/mol. The lowest BCUT2D eigenvalue weighted by Crippen LogP contribution is -2.27. The number of hydrogen-bond acceptors (Lipinski definition) is 5. The molecule has 0 aliphatic carbocycles. The standard InChI is InChI=1S/C24H24ClN3O3S/c1-15(2)11-12-28-23(30)22-21(17-8-4-6-10-19(17)31-22)27-24(28)32-14-20(29)26-13-16-7-3-5-9-18(16)25/h3-10,15H,11-14H2,1-2H3,(H,26,29). The molecule has 0 unspecified atom stereocenters. The quantitative estimate of drug-likeness (QED) is 0.281. The van der Waals surface area contributed by atoms with Gasteiger partial charge >= 0.3 is 0 Å². The summed E-state index contributed by atoms with van der Waals surface area (Å²) in [6, 6.07) is 14.9. The minimum Gasteiger partial charge on any atom is -0.448 e. The Balaban J connectivity index is 1.58. The fraction of sp³-hybridized carbons (Fsp3) is 0.292. The molecule has 2 aromatic heterocycles. The molecule has 0 bridgehead atoms. The highest BCUT2D eigenvalue weighted by Crippen LogP contribution is 2.27. The first-order valence-electron chi connectivity index (χ1n) is 10.5. The highest BCUT2D eigenvalue weighted by atomic mass is 35.5. The molecule has 6 nitrogen and oxygen atoms in total. The third-order valence-electron chi connectivity index (χ3n) is 5.14. The molecular weight excluding hydrogens is 446 g/mol. The van der Waals surface area contributed by atoms with Crippen molar-refractivity contribution in [3.8, 4) is 0 Å². The van der Waals surface area contributed by atoms with Gasteiger partial charge in [0.2, 0.25) is 11.5 Å². The lowest BCUT2D eigenvalue weighted by atomic mass is 10.1. The van der Waals surface area contributed by atoms with E-state index in [1.807, 2.05) is 42.5 Å². The van der Waals surface area contributed by atoms with Gasteiger partial charge in [-0.05, 0) is 36.1 Å². The van der Waals surface area contributed by atoms with Crippen LogP contribution in [0.3, 0.4) is 0 Å². The van der Waals surface area contributed by atoms with E-state index in [4.69, 9.17) is 21.0 Å². The van der Waals surface area contributed by atoms with Gasteiger partial charge in [-0.2, -0.15) is 0 Å². The van der Waals surface area contributed by atoms with Crippen molar-refractivity contribution in [1.29, 1.82) is 0 Å². The number of rotatable bonds is 8. The predicted molar refractivity (Wildman–Crippen MR) is 129 cm³/mol. The van der Waals surface area contributed by atoms with Crippen LogP contribution in [0, 0.1) is 5.92 Å². The van der Waals surface area contributed by atoms with Gasteiger partial charge in [0.15, 0.2) is 5.16 Å². The summed E-state index contributed by atoms with van der Waals surface area (Å²) in [6.07, 6.45) is 0.819. The van der Waals surface area contributed by atoms with Gasteiger partial charge in [0.1, 0.15) is 11.1 Å². The number of carbonyl (C=O) groups excluding carboxylic acids is 1. The van der Waals surface area contributed by atoms with Crippen LogP contribution in [-0.4, -0.2) is 21.2 Å². The number of fused-ring (bicyclic) bond motifs is 3. The second-order valence-corrected chi connectivity index (χ2v) is 9.32. The summed E-state index contributed by atoms with van der Waals surface area (Å²) < 4.78 is 7.43. The maximum atomic E-state index is 13.2. The Morgan fingerprint density at radius 3 is 2.72 bits per heavy atom. The summed E-state index contributed by atoms with van der Waals surface area (Å²) in [5, 5.41) is 4.80. The molecule has 0 aliphatic rings. The molecule has 0 atom stereocenters. The molecule has 166 valence electrons. The SMILES string of the molecule is CC(C)CCn1c(SCC(=O)NCc2ccccc2Cl)nc2c(oc3ccccc32)c1=O. The van der Waals surface area contributed by atoms with Crippen molar-refractivity contribution >= 4 is 51.3 Å². The number of carbonyl (C=O) groups is 1. The zero-order valence-corrected chi connectivity index (χ0v) is 19.5. The number of benzene rings is 2. The normalized spacial score (nSPS) is 11.5. The van der Waals surface area contributed by atoms with Gasteiger partial charge in [0.05, 0.1) is 5.75 Å². The zero-order chi connectivity index (χ0) is 22.7. The van der Waals surface area contributed by atoms with E-state index in [2.05, 4.69) is 19.2 Å². The van der Waals surface area contributed by atoms with E-state index < -0.39 is 0 Å². The Labute approximate surface area is 195 Å². The maximum absolute atomic E-state index is 13.2. The van der Waals surface area contributed by atoms with Gasteiger partial charge in [-0.25, -0.2) is 4.98 Å². The summed E-state index contributed by atoms with van der Waals surface area (Å²) in [6.45, 7) is 5.07. The van der Waals surface area contributed by atoms with Crippen LogP contribution >= 0.6 is 23.4 Å². The van der Waals surface area contributed by atoms with Gasteiger partial charge in [0, 0.05) is 23.5 Å². The van der Waals surface area contributed by atoms with E-state index in [1.54, 1.807) is 10.6 Å². The van der Waals surface area contributed by atoms with Gasteiger partial charge in [-0.15, -0.1) is 0 Å². The van der Waals surface area contributed by atoms with E-state index in [1.165, 1.54) is 11.8 Å². The Morgan fingerprint density at radius 1 is 1.19 bits per heavy atom. The number of hydrogen-bond donors (Lipinski definition) is 1. The first-order valence-corrected chi connectivity index (χ1v) is 11.9. The van der Waals surface area contributed by atoms with Crippen molar-refractivity contribution in [2.45, 2.75) is 38.5 Å². The molecule has 0 radical (unpaired) electrons. The van der Waals surface area contributed by atoms with Crippen LogP contribution in [0.5, 0.6) is 0 Å². The van der Waals surface area contributed by atoms with E-state index in [9.17, 15) is 9.59 Å². The molecule has 4 aromatic rings. The predicted octanol–water partition coefficient (Wildman–Crippen LogP) is 5.25. The summed E-state index contributed by atoms with van der Waals surface area (Å²) in [5.41, 5.74) is 2.05. The smallest absolute Gasteiger partial charge is 0.297 e. The number of halogens is 1. The number of aromatic nitrogens is 2. The van der Waals surface area contributed by atoms with Crippen LogP contribution in [-0.2, 0) is 17.9 Å². The first kappa shape index (κ1) is 22.4. The molecule has 0 saturated carbocycles. The second-order valence-electron chi connectivity index (χ2n) is 7.97. The molecule has 0 spiro atoms. The number of thioether (sulfide) groups is 1. The summed E-state index contributed by atoms with van der Waals surface area (Å²) in [7, 11) is 0. The third-order valence-corrected chi connectivity index (χ3v) is 6.49. The average Bonchev–Trinajstić information content (AvgIpc) is 3.15. The first-order chi connectivity index (χ1) is 15.4. The van der Waals surface area contributed by atoms with Crippen LogP contribution in [0.2, 0.25) is 5.02 Å². The number of para-hydroxylation sites is 1. The topological polar surface area (TPSA) is 77.1 Å². The number of amides is 1. The van der Waals surface area contributed by atoms with Crippen LogP contribution in [0.1, 0.15) is 25.8 Å². The maximum Gasteiger partial charge on any atom is 0.297 e. The van der Waals surface area contributed by atoms with Crippen molar-refractivity contribution in [2.24, 2.45) is 5.92 Å². The summed E-state index contributed by atoms with van der Waals surface area (Å²) >= 11 is 7.41. The summed E-state index contributed by atoms with van der Waals surface area (Å²) in [5.74, 6) is 0.404. The molecule has 1 amide bonds. The monoisotopic (exact) mass is 469 g/mol. The van der Waals surface area contributed by atoms with E-state index in [0.29, 0.717) is 40.3 Å². The minimum atomic E-state index is -0.217. The van der Waals surface area contributed by atoms with Crippen molar-refractivity contribution in [2.75, 3.05) is 5.75 Å². The molecule has 0 saturated heterocycles. The van der Waals surface area contributed by atoms with Gasteiger partial charge in [0.25, 0.3) is 5.56 Å². The number of nitrogens with zero attached hydrogens (tertiary/aromatic N) is 2. The van der Waals surface area contributed by atoms with Crippen molar-refractivity contribution in [3.05, 3.63) is 69.5 Å². The Hall–Kier alpha value is -2.77. The fourth-order valence-electron chi connectivity index (χ4n) is 3.36. The van der Waals surface area contributed by atoms with Gasteiger partial charge in [-0.3, -0.25) is 14.2 Å². The Kier molecular flexibility index (Phi) is 6.86. The Bertz CT molecular complexity index is 1330. The largest absolute Gasteiger partial charge is 0.448 e.